The Morgan fingerprint density at radius 3 is 2.09 bits per heavy atom. The lowest BCUT2D eigenvalue weighted by molar-refractivity contribution is -0.169. The van der Waals surface area contributed by atoms with Crippen molar-refractivity contribution in [1.82, 2.24) is 4.90 Å². The normalized spacial score (nSPS) is 27.6. The van der Waals surface area contributed by atoms with Gasteiger partial charge in [-0.1, -0.05) is 48.5 Å². The predicted molar refractivity (Wildman–Crippen MR) is 115 cm³/mol. The Labute approximate surface area is 185 Å². The molecule has 6 heteroatoms. The highest BCUT2D eigenvalue weighted by atomic mass is 16.7. The van der Waals surface area contributed by atoms with Crippen LogP contribution in [0.3, 0.4) is 0 Å². The molecule has 2 amide bonds. The number of rotatable bonds is 5. The summed E-state index contributed by atoms with van der Waals surface area (Å²) in [6, 6.07) is 19.7. The molecule has 2 aromatic carbocycles. The van der Waals surface area contributed by atoms with Gasteiger partial charge in [-0.15, -0.1) is 0 Å². The van der Waals surface area contributed by atoms with Gasteiger partial charge in [-0.25, -0.2) is 0 Å². The average molecular weight is 429 g/mol. The Hall–Kier alpha value is -3.22. The molecule has 0 N–H and O–H groups in total. The molecule has 0 spiro atoms. The van der Waals surface area contributed by atoms with Crippen molar-refractivity contribution in [3.05, 3.63) is 94.9 Å². The molecule has 3 aromatic rings. The molecule has 1 aliphatic heterocycles. The second-order valence-corrected chi connectivity index (χ2v) is 8.67. The molecule has 0 radical (unpaired) electrons. The van der Waals surface area contributed by atoms with Crippen molar-refractivity contribution in [2.24, 2.45) is 11.8 Å². The van der Waals surface area contributed by atoms with Crippen LogP contribution in [0.2, 0.25) is 0 Å². The number of ether oxygens (including phenoxy) is 2. The number of methoxy groups -OCH3 is 2. The second-order valence-electron chi connectivity index (χ2n) is 8.67. The quantitative estimate of drug-likeness (QED) is 0.459. The predicted octanol–water partition coefficient (Wildman–Crippen LogP) is 3.44. The number of amides is 2. The molecular weight excluding hydrogens is 406 g/mol. The number of hydrogen-bond donors (Lipinski definition) is 0. The summed E-state index contributed by atoms with van der Waals surface area (Å²) in [5.74, 6) is -1.12. The van der Waals surface area contributed by atoms with Crippen LogP contribution in [-0.2, 0) is 31.0 Å². The zero-order valence-electron chi connectivity index (χ0n) is 17.9. The zero-order valence-corrected chi connectivity index (χ0v) is 17.9. The number of carbonyl (C=O) groups excluding carboxylic acids is 2. The van der Waals surface area contributed by atoms with Crippen LogP contribution < -0.4 is 0 Å². The third-order valence-corrected chi connectivity index (χ3v) is 7.47. The van der Waals surface area contributed by atoms with Gasteiger partial charge in [0.1, 0.15) is 5.76 Å². The molecule has 1 fully saturated rings. The minimum Gasteiger partial charge on any atom is -0.467 e. The van der Waals surface area contributed by atoms with Crippen LogP contribution in [0.15, 0.2) is 71.3 Å². The van der Waals surface area contributed by atoms with Gasteiger partial charge in [0.25, 0.3) is 0 Å². The summed E-state index contributed by atoms with van der Waals surface area (Å²) >= 11 is 0. The van der Waals surface area contributed by atoms with Gasteiger partial charge in [0.05, 0.1) is 30.1 Å². The molecule has 3 aliphatic carbocycles. The lowest BCUT2D eigenvalue weighted by atomic mass is 9.47. The third-order valence-electron chi connectivity index (χ3n) is 7.47. The number of benzene rings is 2. The number of hydrogen-bond acceptors (Lipinski definition) is 5. The monoisotopic (exact) mass is 429 g/mol. The molecule has 1 saturated heterocycles. The lowest BCUT2D eigenvalue weighted by Gasteiger charge is -2.56. The van der Waals surface area contributed by atoms with Crippen LogP contribution >= 0.6 is 0 Å². The molecule has 4 aliphatic rings. The summed E-state index contributed by atoms with van der Waals surface area (Å²) in [7, 11) is 3.18. The van der Waals surface area contributed by atoms with Crippen LogP contribution in [0.5, 0.6) is 0 Å². The van der Waals surface area contributed by atoms with Crippen LogP contribution in [0, 0.1) is 11.8 Å². The van der Waals surface area contributed by atoms with E-state index in [2.05, 4.69) is 12.1 Å². The maximum atomic E-state index is 14.0. The SMILES string of the molecule is COC(OC)C12c3ccccc3C(c3ccccc31)[C@@H]1C(=O)N(Cc3ccco3)C(=O)[C@H]12. The summed E-state index contributed by atoms with van der Waals surface area (Å²) in [5, 5.41) is 0. The first kappa shape index (κ1) is 19.5. The maximum Gasteiger partial charge on any atom is 0.235 e. The minimum atomic E-state index is -0.930. The van der Waals surface area contributed by atoms with Gasteiger partial charge in [0, 0.05) is 20.1 Å². The summed E-state index contributed by atoms with van der Waals surface area (Å²) in [6.07, 6.45) is 0.815. The van der Waals surface area contributed by atoms with E-state index in [9.17, 15) is 9.59 Å². The van der Waals surface area contributed by atoms with E-state index in [4.69, 9.17) is 13.9 Å². The van der Waals surface area contributed by atoms with E-state index < -0.39 is 23.5 Å². The van der Waals surface area contributed by atoms with Crippen LogP contribution in [0.4, 0.5) is 0 Å². The van der Waals surface area contributed by atoms with Crippen molar-refractivity contribution >= 4 is 11.8 Å². The van der Waals surface area contributed by atoms with E-state index in [-0.39, 0.29) is 24.3 Å². The largest absolute Gasteiger partial charge is 0.467 e. The fourth-order valence-electron chi connectivity index (χ4n) is 6.47. The number of furan rings is 1. The van der Waals surface area contributed by atoms with E-state index in [1.807, 2.05) is 36.4 Å². The highest BCUT2D eigenvalue weighted by molar-refractivity contribution is 6.08. The first-order valence-corrected chi connectivity index (χ1v) is 10.8. The Balaban J connectivity index is 1.64. The molecule has 0 unspecified atom stereocenters. The zero-order chi connectivity index (χ0) is 22.0. The summed E-state index contributed by atoms with van der Waals surface area (Å²) in [6.45, 7) is 0.123. The Kier molecular flexibility index (Phi) is 4.19. The van der Waals surface area contributed by atoms with Crippen molar-refractivity contribution in [3.8, 4) is 0 Å². The number of nitrogens with zero attached hydrogens (tertiary/aromatic N) is 1. The molecule has 0 saturated carbocycles. The Morgan fingerprint density at radius 2 is 1.53 bits per heavy atom. The second kappa shape index (κ2) is 6.89. The molecule has 32 heavy (non-hydrogen) atoms. The molecule has 2 atom stereocenters. The molecule has 2 heterocycles. The van der Waals surface area contributed by atoms with Crippen molar-refractivity contribution in [2.75, 3.05) is 14.2 Å². The van der Waals surface area contributed by atoms with Gasteiger partial charge in [-0.3, -0.25) is 14.5 Å². The van der Waals surface area contributed by atoms with Gasteiger partial charge in [-0.05, 0) is 34.4 Å². The van der Waals surface area contributed by atoms with E-state index >= 15 is 0 Å². The lowest BCUT2D eigenvalue weighted by Crippen LogP contribution is -2.60. The number of imide groups is 1. The first-order valence-electron chi connectivity index (χ1n) is 10.8. The van der Waals surface area contributed by atoms with Crippen molar-refractivity contribution in [2.45, 2.75) is 24.2 Å². The van der Waals surface area contributed by atoms with Gasteiger partial charge >= 0.3 is 0 Å². The fourth-order valence-corrected chi connectivity index (χ4v) is 6.47. The Morgan fingerprint density at radius 1 is 0.906 bits per heavy atom. The molecule has 1 aromatic heterocycles. The van der Waals surface area contributed by atoms with E-state index in [1.54, 1.807) is 32.6 Å². The van der Waals surface area contributed by atoms with Crippen molar-refractivity contribution in [1.29, 1.82) is 0 Å². The minimum absolute atomic E-state index is 0.123. The molecular formula is C26H23NO5. The van der Waals surface area contributed by atoms with E-state index in [1.165, 1.54) is 4.90 Å². The molecule has 2 bridgehead atoms. The Bertz CT molecular complexity index is 1160. The fraction of sp³-hybridized carbons (Fsp3) is 0.308. The summed E-state index contributed by atoms with van der Waals surface area (Å²) in [4.78, 5) is 29.1. The van der Waals surface area contributed by atoms with Crippen LogP contribution in [0.1, 0.15) is 33.9 Å². The molecule has 6 nitrogen and oxygen atoms in total. The highest BCUT2D eigenvalue weighted by Crippen LogP contribution is 2.65. The van der Waals surface area contributed by atoms with Gasteiger partial charge in [0.15, 0.2) is 6.29 Å². The first-order chi connectivity index (χ1) is 15.6. The topological polar surface area (TPSA) is 69.0 Å². The number of likely N-dealkylation sites (tertiary alicyclic amines) is 1. The summed E-state index contributed by atoms with van der Waals surface area (Å²) < 4.78 is 17.2. The standard InChI is InChI=1S/C26H23NO5/c1-30-25(31-2)26-18-11-5-3-9-16(18)20(17-10-4-6-12-19(17)26)21-22(26)24(29)27(23(21)28)14-15-8-7-13-32-15/h3-13,20-22,25H,14H2,1-2H3/t20?,21-,22-,26?/m0/s1. The smallest absolute Gasteiger partial charge is 0.235 e. The van der Waals surface area contributed by atoms with Crippen molar-refractivity contribution in [3.63, 3.8) is 0 Å². The van der Waals surface area contributed by atoms with Crippen LogP contribution in [-0.4, -0.2) is 37.2 Å². The van der Waals surface area contributed by atoms with E-state index in [0.29, 0.717) is 5.76 Å². The van der Waals surface area contributed by atoms with Gasteiger partial charge in [-0.2, -0.15) is 0 Å². The van der Waals surface area contributed by atoms with Gasteiger partial charge in [0.2, 0.25) is 11.8 Å². The van der Waals surface area contributed by atoms with Crippen LogP contribution in [0.25, 0.3) is 0 Å². The third kappa shape index (κ3) is 2.21. The van der Waals surface area contributed by atoms with Crippen molar-refractivity contribution < 1.29 is 23.5 Å². The summed E-state index contributed by atoms with van der Waals surface area (Å²) in [5.41, 5.74) is 3.19. The number of carbonyl (C=O) groups is 2. The van der Waals surface area contributed by atoms with E-state index in [0.717, 1.165) is 22.3 Å². The average Bonchev–Trinajstić information content (AvgIpc) is 3.43. The highest BCUT2D eigenvalue weighted by Gasteiger charge is 2.70. The maximum absolute atomic E-state index is 14.0. The van der Waals surface area contributed by atoms with Gasteiger partial charge < -0.3 is 13.9 Å². The molecule has 162 valence electrons. The molecule has 7 rings (SSSR count).